The van der Waals surface area contributed by atoms with Crippen LogP contribution in [0.2, 0.25) is 0 Å². The highest BCUT2D eigenvalue weighted by atomic mass is 16.5. The monoisotopic (exact) mass is 272 g/mol. The quantitative estimate of drug-likeness (QED) is 0.900. The van der Waals surface area contributed by atoms with Gasteiger partial charge in [0.05, 0.1) is 12.8 Å². The number of aromatic nitrogens is 2. The van der Waals surface area contributed by atoms with E-state index in [0.29, 0.717) is 12.1 Å². The highest BCUT2D eigenvalue weighted by Crippen LogP contribution is 2.32. The number of aromatic amines is 1. The van der Waals surface area contributed by atoms with E-state index in [1.54, 1.807) is 7.11 Å². The number of aliphatic carboxylic acids is 1. The lowest BCUT2D eigenvalue weighted by atomic mass is 9.90. The molecular weight excluding hydrogens is 256 g/mol. The molecule has 1 heterocycles. The summed E-state index contributed by atoms with van der Waals surface area (Å²) >= 11 is 0. The van der Waals surface area contributed by atoms with Crippen molar-refractivity contribution in [2.75, 3.05) is 7.11 Å². The molecule has 0 amide bonds. The number of aryl methyl sites for hydroxylation is 1. The van der Waals surface area contributed by atoms with E-state index in [-0.39, 0.29) is 0 Å². The van der Waals surface area contributed by atoms with Crippen LogP contribution >= 0.6 is 0 Å². The van der Waals surface area contributed by atoms with Gasteiger partial charge in [-0.05, 0) is 43.5 Å². The van der Waals surface area contributed by atoms with Crippen molar-refractivity contribution in [2.45, 2.75) is 25.2 Å². The first-order chi connectivity index (χ1) is 9.69. The minimum atomic E-state index is -0.793. The summed E-state index contributed by atoms with van der Waals surface area (Å²) in [7, 11) is 1.62. The van der Waals surface area contributed by atoms with Crippen LogP contribution in [0.4, 0.5) is 0 Å². The number of fused-ring (bicyclic) bond motifs is 1. The molecule has 5 nitrogen and oxygen atoms in total. The smallest absolute Gasteiger partial charge is 0.312 e. The molecular formula is C15H16N2O3. The number of carboxylic acids is 1. The molecule has 0 bridgehead atoms. The first-order valence-electron chi connectivity index (χ1n) is 6.65. The lowest BCUT2D eigenvalue weighted by Gasteiger charge is -2.16. The first kappa shape index (κ1) is 12.7. The summed E-state index contributed by atoms with van der Waals surface area (Å²) in [6, 6.07) is 7.56. The summed E-state index contributed by atoms with van der Waals surface area (Å²) in [6.45, 7) is 0. The molecule has 2 aromatic rings. The third kappa shape index (κ3) is 2.15. The molecule has 0 saturated heterocycles. The van der Waals surface area contributed by atoms with Crippen molar-refractivity contribution >= 4 is 5.97 Å². The molecule has 0 saturated carbocycles. The summed E-state index contributed by atoms with van der Waals surface area (Å²) < 4.78 is 5.13. The summed E-state index contributed by atoms with van der Waals surface area (Å²) in [4.78, 5) is 19.0. The number of hydrogen-bond acceptors (Lipinski definition) is 3. The van der Waals surface area contributed by atoms with Gasteiger partial charge in [0.2, 0.25) is 0 Å². The average Bonchev–Trinajstić information content (AvgIpc) is 2.90. The van der Waals surface area contributed by atoms with Gasteiger partial charge in [-0.25, -0.2) is 4.98 Å². The van der Waals surface area contributed by atoms with Gasteiger partial charge in [-0.1, -0.05) is 0 Å². The topological polar surface area (TPSA) is 75.2 Å². The fourth-order valence-electron chi connectivity index (χ4n) is 2.65. The van der Waals surface area contributed by atoms with E-state index in [0.717, 1.165) is 35.7 Å². The van der Waals surface area contributed by atoms with Crippen molar-refractivity contribution in [3.63, 3.8) is 0 Å². The van der Waals surface area contributed by atoms with Crippen molar-refractivity contribution in [1.29, 1.82) is 0 Å². The maximum atomic E-state index is 11.3. The molecule has 104 valence electrons. The van der Waals surface area contributed by atoms with Crippen LogP contribution < -0.4 is 4.74 Å². The zero-order valence-corrected chi connectivity index (χ0v) is 11.2. The molecule has 1 aliphatic carbocycles. The van der Waals surface area contributed by atoms with Crippen LogP contribution in [0, 0.1) is 0 Å². The Balaban J connectivity index is 1.97. The zero-order valence-electron chi connectivity index (χ0n) is 11.2. The van der Waals surface area contributed by atoms with Crippen molar-refractivity contribution in [1.82, 2.24) is 9.97 Å². The average molecular weight is 272 g/mol. The van der Waals surface area contributed by atoms with Gasteiger partial charge in [-0.15, -0.1) is 0 Å². The van der Waals surface area contributed by atoms with E-state index in [4.69, 9.17) is 4.74 Å². The summed E-state index contributed by atoms with van der Waals surface area (Å²) in [5.74, 6) is 0.236. The molecule has 0 radical (unpaired) electrons. The number of methoxy groups -OCH3 is 1. The number of rotatable bonds is 3. The van der Waals surface area contributed by atoms with E-state index < -0.39 is 11.9 Å². The number of nitrogens with zero attached hydrogens (tertiary/aromatic N) is 1. The third-order valence-electron chi connectivity index (χ3n) is 3.72. The number of H-pyrrole nitrogens is 1. The van der Waals surface area contributed by atoms with Crippen LogP contribution in [-0.2, 0) is 11.2 Å². The largest absolute Gasteiger partial charge is 0.497 e. The number of benzene rings is 1. The van der Waals surface area contributed by atoms with Gasteiger partial charge in [0.15, 0.2) is 0 Å². The van der Waals surface area contributed by atoms with Crippen molar-refractivity contribution in [3.8, 4) is 17.1 Å². The third-order valence-corrected chi connectivity index (χ3v) is 3.72. The van der Waals surface area contributed by atoms with Gasteiger partial charge in [0, 0.05) is 11.3 Å². The molecule has 1 aromatic carbocycles. The van der Waals surface area contributed by atoms with E-state index >= 15 is 0 Å². The Morgan fingerprint density at radius 1 is 1.40 bits per heavy atom. The van der Waals surface area contributed by atoms with Gasteiger partial charge in [-0.3, -0.25) is 4.79 Å². The van der Waals surface area contributed by atoms with Crippen molar-refractivity contribution < 1.29 is 14.6 Å². The van der Waals surface area contributed by atoms with Gasteiger partial charge in [-0.2, -0.15) is 0 Å². The summed E-state index contributed by atoms with van der Waals surface area (Å²) in [5.41, 5.74) is 2.58. The molecule has 5 heteroatoms. The molecule has 3 rings (SSSR count). The van der Waals surface area contributed by atoms with Crippen LogP contribution in [0.15, 0.2) is 24.3 Å². The highest BCUT2D eigenvalue weighted by molar-refractivity contribution is 5.76. The van der Waals surface area contributed by atoms with Crippen LogP contribution in [0.5, 0.6) is 5.75 Å². The first-order valence-corrected chi connectivity index (χ1v) is 6.65. The fraction of sp³-hybridized carbons (Fsp3) is 0.333. The Morgan fingerprint density at radius 3 is 2.80 bits per heavy atom. The molecule has 2 N–H and O–H groups in total. The molecule has 0 aliphatic heterocycles. The van der Waals surface area contributed by atoms with E-state index in [9.17, 15) is 9.90 Å². The Labute approximate surface area is 116 Å². The van der Waals surface area contributed by atoms with E-state index in [1.807, 2.05) is 24.3 Å². The van der Waals surface area contributed by atoms with Crippen LogP contribution in [-0.4, -0.2) is 28.2 Å². The maximum Gasteiger partial charge on any atom is 0.312 e. The number of carboxylic acid groups (broad SMARTS) is 1. The fourth-order valence-corrected chi connectivity index (χ4v) is 2.65. The molecule has 1 aromatic heterocycles. The number of imidazole rings is 1. The van der Waals surface area contributed by atoms with Gasteiger partial charge >= 0.3 is 5.97 Å². The van der Waals surface area contributed by atoms with Crippen LogP contribution in [0.3, 0.4) is 0 Å². The predicted molar refractivity (Wildman–Crippen MR) is 73.9 cm³/mol. The lowest BCUT2D eigenvalue weighted by Crippen LogP contribution is -2.17. The van der Waals surface area contributed by atoms with Crippen LogP contribution in [0.25, 0.3) is 11.4 Å². The number of ether oxygens (including phenoxy) is 1. The molecule has 20 heavy (non-hydrogen) atoms. The molecule has 0 fully saturated rings. The van der Waals surface area contributed by atoms with Gasteiger partial charge in [0.25, 0.3) is 0 Å². The molecule has 1 unspecified atom stereocenters. The van der Waals surface area contributed by atoms with Gasteiger partial charge in [0.1, 0.15) is 17.5 Å². The minimum Gasteiger partial charge on any atom is -0.497 e. The minimum absolute atomic E-state index is 0.484. The number of carbonyl (C=O) groups is 1. The van der Waals surface area contributed by atoms with E-state index in [1.165, 1.54) is 0 Å². The zero-order chi connectivity index (χ0) is 14.1. The standard InChI is InChI=1S/C15H16N2O3/c1-20-10-7-5-9(6-8-10)14-16-12-4-2-3-11(15(18)19)13(12)17-14/h5-8,11H,2-4H2,1H3,(H,16,17)(H,18,19). The van der Waals surface area contributed by atoms with E-state index in [2.05, 4.69) is 9.97 Å². The highest BCUT2D eigenvalue weighted by Gasteiger charge is 2.29. The maximum absolute atomic E-state index is 11.3. The molecule has 0 spiro atoms. The molecule has 1 atom stereocenters. The normalized spacial score (nSPS) is 17.6. The SMILES string of the molecule is COc1ccc(-c2nc3c([nH]2)CCCC3C(=O)O)cc1. The van der Waals surface area contributed by atoms with Crippen molar-refractivity contribution in [2.24, 2.45) is 0 Å². The second-order valence-corrected chi connectivity index (χ2v) is 4.96. The van der Waals surface area contributed by atoms with Crippen LogP contribution in [0.1, 0.15) is 30.1 Å². The number of hydrogen-bond donors (Lipinski definition) is 2. The predicted octanol–water partition coefficient (Wildman–Crippen LogP) is 2.59. The van der Waals surface area contributed by atoms with Crippen molar-refractivity contribution in [3.05, 3.63) is 35.7 Å². The Bertz CT molecular complexity index is 631. The summed E-state index contributed by atoms with van der Waals surface area (Å²) in [6.07, 6.45) is 2.41. The molecule has 1 aliphatic rings. The lowest BCUT2D eigenvalue weighted by molar-refractivity contribution is -0.139. The second kappa shape index (κ2) is 5.00. The van der Waals surface area contributed by atoms with Gasteiger partial charge < -0.3 is 14.8 Å². The number of nitrogens with one attached hydrogen (secondary N) is 1. The Morgan fingerprint density at radius 2 is 2.15 bits per heavy atom. The Kier molecular flexibility index (Phi) is 3.18. The Hall–Kier alpha value is -2.30. The summed E-state index contributed by atoms with van der Waals surface area (Å²) in [5, 5.41) is 9.26. The second-order valence-electron chi connectivity index (χ2n) is 4.96.